The van der Waals surface area contributed by atoms with Crippen molar-refractivity contribution in [1.29, 1.82) is 0 Å². The molecule has 2 aliphatic rings. The summed E-state index contributed by atoms with van der Waals surface area (Å²) in [6.45, 7) is 9.98. The molecule has 1 N–H and O–H groups in total. The van der Waals surface area contributed by atoms with Crippen LogP contribution in [0.5, 0.6) is 0 Å². The van der Waals surface area contributed by atoms with E-state index in [0.717, 1.165) is 34.5 Å². The first-order chi connectivity index (χ1) is 13.2. The lowest BCUT2D eigenvalue weighted by Crippen LogP contribution is -2.38. The zero-order valence-corrected chi connectivity index (χ0v) is 18.6. The number of thioether (sulfide) groups is 1. The molecule has 1 aromatic heterocycles. The molecule has 0 spiro atoms. The lowest BCUT2D eigenvalue weighted by atomic mass is 9.65. The van der Waals surface area contributed by atoms with Gasteiger partial charge in [0.05, 0.1) is 5.75 Å². The molecule has 5 nitrogen and oxygen atoms in total. The Morgan fingerprint density at radius 1 is 1.29 bits per heavy atom. The van der Waals surface area contributed by atoms with E-state index < -0.39 is 0 Å². The van der Waals surface area contributed by atoms with Gasteiger partial charge in [0.25, 0.3) is 0 Å². The number of rotatable bonds is 5. The number of hydrogen-bond acceptors (Lipinski definition) is 6. The molecule has 2 fully saturated rings. The van der Waals surface area contributed by atoms with Crippen LogP contribution in [0.3, 0.4) is 0 Å². The fourth-order valence-corrected chi connectivity index (χ4v) is 6.76. The molecule has 7 heteroatoms. The predicted octanol–water partition coefficient (Wildman–Crippen LogP) is 5.11. The van der Waals surface area contributed by atoms with Gasteiger partial charge in [-0.15, -0.1) is 10.2 Å². The second kappa shape index (κ2) is 7.34. The van der Waals surface area contributed by atoms with E-state index in [1.807, 2.05) is 18.2 Å². The highest BCUT2D eigenvalue weighted by molar-refractivity contribution is 8.01. The summed E-state index contributed by atoms with van der Waals surface area (Å²) in [5.41, 5.74) is 2.81. The van der Waals surface area contributed by atoms with Crippen molar-refractivity contribution < 1.29 is 4.79 Å². The molecule has 4 rings (SSSR count). The summed E-state index contributed by atoms with van der Waals surface area (Å²) < 4.78 is 0.832. The van der Waals surface area contributed by atoms with Gasteiger partial charge in [-0.3, -0.25) is 4.79 Å². The molecule has 28 heavy (non-hydrogen) atoms. The predicted molar refractivity (Wildman–Crippen MR) is 116 cm³/mol. The number of nitrogens with zero attached hydrogens (tertiary/aromatic N) is 3. The normalized spacial score (nSPS) is 25.7. The van der Waals surface area contributed by atoms with Crippen molar-refractivity contribution in [2.45, 2.75) is 57.3 Å². The Morgan fingerprint density at radius 2 is 2.07 bits per heavy atom. The van der Waals surface area contributed by atoms with Crippen molar-refractivity contribution in [3.8, 4) is 0 Å². The van der Waals surface area contributed by atoms with Crippen molar-refractivity contribution >= 4 is 39.8 Å². The van der Waals surface area contributed by atoms with E-state index in [2.05, 4.69) is 54.2 Å². The highest BCUT2D eigenvalue weighted by Gasteiger charge is 2.50. The number of likely N-dealkylation sites (tertiary alicyclic amines) is 1. The van der Waals surface area contributed by atoms with Crippen LogP contribution in [0.25, 0.3) is 0 Å². The summed E-state index contributed by atoms with van der Waals surface area (Å²) in [4.78, 5) is 15.0. The van der Waals surface area contributed by atoms with Gasteiger partial charge in [-0.1, -0.05) is 62.1 Å². The Kier molecular flexibility index (Phi) is 5.16. The van der Waals surface area contributed by atoms with E-state index in [4.69, 9.17) is 0 Å². The Morgan fingerprint density at radius 3 is 2.86 bits per heavy atom. The van der Waals surface area contributed by atoms with Crippen molar-refractivity contribution in [3.63, 3.8) is 0 Å². The van der Waals surface area contributed by atoms with Crippen LogP contribution in [0.4, 0.5) is 10.8 Å². The molecule has 0 radical (unpaired) electrons. The number of fused-ring (bicyclic) bond motifs is 2. The van der Waals surface area contributed by atoms with Crippen LogP contribution in [-0.2, 0) is 4.79 Å². The van der Waals surface area contributed by atoms with E-state index >= 15 is 0 Å². The first-order valence-electron chi connectivity index (χ1n) is 9.82. The third kappa shape index (κ3) is 4.20. The number of aromatic nitrogens is 2. The van der Waals surface area contributed by atoms with Crippen LogP contribution in [0, 0.1) is 17.8 Å². The van der Waals surface area contributed by atoms with Crippen molar-refractivity contribution in [1.82, 2.24) is 15.1 Å². The molecule has 1 aliphatic carbocycles. The number of aryl methyl sites for hydroxylation is 1. The SMILES string of the molecule is Cc1ccccc1Nc1nnc(SCC(=O)N2CC3(C)CC2CC(C)(C)C3)s1. The molecule has 1 aliphatic heterocycles. The highest BCUT2D eigenvalue weighted by Crippen LogP contribution is 2.52. The largest absolute Gasteiger partial charge is 0.338 e. The summed E-state index contributed by atoms with van der Waals surface area (Å²) >= 11 is 3.00. The molecule has 1 amide bonds. The third-order valence-corrected chi connectivity index (χ3v) is 7.80. The van der Waals surface area contributed by atoms with Gasteiger partial charge in [0.2, 0.25) is 11.0 Å². The molecule has 2 heterocycles. The molecule has 2 unspecified atom stereocenters. The lowest BCUT2D eigenvalue weighted by molar-refractivity contribution is -0.129. The minimum atomic E-state index is 0.236. The number of carbonyl (C=O) groups is 1. The molecule has 150 valence electrons. The van der Waals surface area contributed by atoms with Crippen molar-refractivity contribution in [2.75, 3.05) is 17.6 Å². The minimum Gasteiger partial charge on any atom is -0.338 e. The maximum Gasteiger partial charge on any atom is 0.233 e. The Labute approximate surface area is 175 Å². The topological polar surface area (TPSA) is 58.1 Å². The van der Waals surface area contributed by atoms with Crippen LogP contribution < -0.4 is 5.32 Å². The fourth-order valence-electron chi connectivity index (χ4n) is 5.10. The van der Waals surface area contributed by atoms with E-state index in [-0.39, 0.29) is 11.3 Å². The van der Waals surface area contributed by atoms with Gasteiger partial charge < -0.3 is 10.2 Å². The van der Waals surface area contributed by atoms with Gasteiger partial charge in [-0.25, -0.2) is 0 Å². The number of para-hydroxylation sites is 1. The van der Waals surface area contributed by atoms with E-state index in [0.29, 0.717) is 17.2 Å². The van der Waals surface area contributed by atoms with Crippen LogP contribution in [-0.4, -0.2) is 39.3 Å². The van der Waals surface area contributed by atoms with Crippen LogP contribution in [0.15, 0.2) is 28.6 Å². The number of benzene rings is 1. The molecule has 1 aromatic carbocycles. The molecule has 1 saturated carbocycles. The number of amides is 1. The molecule has 2 bridgehead atoms. The van der Waals surface area contributed by atoms with E-state index in [9.17, 15) is 4.79 Å². The maximum atomic E-state index is 12.9. The van der Waals surface area contributed by atoms with Crippen LogP contribution >= 0.6 is 23.1 Å². The van der Waals surface area contributed by atoms with Gasteiger partial charge in [0, 0.05) is 18.3 Å². The van der Waals surface area contributed by atoms with Crippen molar-refractivity contribution in [3.05, 3.63) is 29.8 Å². The van der Waals surface area contributed by atoms with Gasteiger partial charge in [0.15, 0.2) is 4.34 Å². The summed E-state index contributed by atoms with van der Waals surface area (Å²) in [5, 5.41) is 12.5. The average molecular weight is 417 g/mol. The lowest BCUT2D eigenvalue weighted by Gasteiger charge is -2.39. The molecular formula is C21H28N4OS2. The first-order valence-corrected chi connectivity index (χ1v) is 11.6. The monoisotopic (exact) mass is 416 g/mol. The number of nitrogens with one attached hydrogen (secondary N) is 1. The second-order valence-corrected chi connectivity index (χ2v) is 11.5. The van der Waals surface area contributed by atoms with Gasteiger partial charge in [0.1, 0.15) is 0 Å². The quantitative estimate of drug-likeness (QED) is 0.687. The zero-order chi connectivity index (χ0) is 19.9. The first kappa shape index (κ1) is 19.7. The van der Waals surface area contributed by atoms with Gasteiger partial charge >= 0.3 is 0 Å². The van der Waals surface area contributed by atoms with Crippen LogP contribution in [0.1, 0.15) is 45.6 Å². The molecule has 2 aromatic rings. The number of hydrogen-bond donors (Lipinski definition) is 1. The zero-order valence-electron chi connectivity index (χ0n) is 17.0. The Hall–Kier alpha value is -1.60. The van der Waals surface area contributed by atoms with E-state index in [1.54, 1.807) is 0 Å². The third-order valence-electron chi connectivity index (χ3n) is 5.85. The maximum absolute atomic E-state index is 12.9. The highest BCUT2D eigenvalue weighted by atomic mass is 32.2. The second-order valence-electron chi connectivity index (χ2n) is 9.34. The Balaban J connectivity index is 1.35. The van der Waals surface area contributed by atoms with Crippen LogP contribution in [0.2, 0.25) is 0 Å². The molecule has 2 atom stereocenters. The Bertz CT molecular complexity index is 881. The van der Waals surface area contributed by atoms with E-state index in [1.165, 1.54) is 35.1 Å². The molecular weight excluding hydrogens is 388 g/mol. The summed E-state index contributed by atoms with van der Waals surface area (Å²) in [5.74, 6) is 0.673. The summed E-state index contributed by atoms with van der Waals surface area (Å²) in [6.07, 6.45) is 3.47. The smallest absolute Gasteiger partial charge is 0.233 e. The van der Waals surface area contributed by atoms with Crippen molar-refractivity contribution in [2.24, 2.45) is 10.8 Å². The summed E-state index contributed by atoms with van der Waals surface area (Å²) in [6, 6.07) is 8.50. The number of carbonyl (C=O) groups excluding carboxylic acids is 1. The average Bonchev–Trinajstić information content (AvgIpc) is 3.15. The minimum absolute atomic E-state index is 0.236. The van der Waals surface area contributed by atoms with Gasteiger partial charge in [-0.05, 0) is 48.6 Å². The fraction of sp³-hybridized carbons (Fsp3) is 0.571. The number of anilines is 2. The molecule has 1 saturated heterocycles. The van der Waals surface area contributed by atoms with Gasteiger partial charge in [-0.2, -0.15) is 0 Å². The standard InChI is InChI=1S/C21H28N4OS2/c1-14-7-5-6-8-16(14)22-18-23-24-19(28-18)27-11-17(26)25-13-21(4)10-15(25)9-20(2,3)12-21/h5-8,15H,9-13H2,1-4H3,(H,22,23). The summed E-state index contributed by atoms with van der Waals surface area (Å²) in [7, 11) is 0.